The molecular weight excluding hydrogens is 435 g/mol. The summed E-state index contributed by atoms with van der Waals surface area (Å²) in [6, 6.07) is 15.9. The van der Waals surface area contributed by atoms with Crippen molar-refractivity contribution in [3.05, 3.63) is 93.2 Å². The van der Waals surface area contributed by atoms with Crippen molar-refractivity contribution in [3.8, 4) is 0 Å². The lowest BCUT2D eigenvalue weighted by atomic mass is 10.1. The molecule has 0 atom stereocenters. The van der Waals surface area contributed by atoms with Crippen LogP contribution in [0.2, 0.25) is 15.1 Å². The number of para-hydroxylation sites is 1. The van der Waals surface area contributed by atoms with Crippen LogP contribution < -0.4 is 9.88 Å². The molecule has 0 aliphatic heterocycles. The Kier molecular flexibility index (Phi) is 6.57. The summed E-state index contributed by atoms with van der Waals surface area (Å²) in [5, 5.41) is 15.5. The molecule has 2 aromatic carbocycles. The highest BCUT2D eigenvalue weighted by Gasteiger charge is 2.26. The summed E-state index contributed by atoms with van der Waals surface area (Å²) in [6.45, 7) is 1.95. The molecule has 0 amide bonds. The van der Waals surface area contributed by atoms with Gasteiger partial charge in [-0.3, -0.25) is 0 Å². The van der Waals surface area contributed by atoms with E-state index in [1.54, 1.807) is 41.1 Å². The van der Waals surface area contributed by atoms with Crippen LogP contribution in [-0.2, 0) is 0 Å². The molecule has 0 fully saturated rings. The van der Waals surface area contributed by atoms with Gasteiger partial charge in [0.25, 0.3) is 5.70 Å². The van der Waals surface area contributed by atoms with E-state index in [1.807, 2.05) is 37.4 Å². The predicted octanol–water partition coefficient (Wildman–Crippen LogP) is 6.57. The number of aliphatic hydroxyl groups is 1. The molecule has 142 valence electrons. The summed E-state index contributed by atoms with van der Waals surface area (Å²) >= 11 is 24.2. The summed E-state index contributed by atoms with van der Waals surface area (Å²) in [5.74, 6) is -0.104. The van der Waals surface area contributed by atoms with Crippen LogP contribution in [0.25, 0.3) is 11.5 Å². The van der Waals surface area contributed by atoms with Crippen molar-refractivity contribution in [2.24, 2.45) is 0 Å². The first kappa shape index (κ1) is 20.6. The topological polar surface area (TPSA) is 36.1 Å². The molecular formula is C21H16Cl3N2OS+. The van der Waals surface area contributed by atoms with Gasteiger partial charge in [-0.2, -0.15) is 4.57 Å². The van der Waals surface area contributed by atoms with Gasteiger partial charge in [-0.15, -0.1) is 0 Å². The van der Waals surface area contributed by atoms with Crippen molar-refractivity contribution in [1.82, 2.24) is 0 Å². The predicted molar refractivity (Wildman–Crippen MR) is 121 cm³/mol. The molecule has 2 N–H and O–H groups in total. The molecule has 1 aromatic heterocycles. The minimum Gasteiger partial charge on any atom is -0.502 e. The fraction of sp³-hybridized carbons (Fsp3) is 0.0476. The van der Waals surface area contributed by atoms with Crippen LogP contribution in [0, 0.1) is 6.92 Å². The van der Waals surface area contributed by atoms with E-state index >= 15 is 0 Å². The maximum atomic E-state index is 11.1. The molecule has 0 unspecified atom stereocenters. The Balaban J connectivity index is 2.16. The minimum atomic E-state index is -0.104. The quantitative estimate of drug-likeness (QED) is 0.204. The van der Waals surface area contributed by atoms with Crippen molar-refractivity contribution in [3.63, 3.8) is 0 Å². The molecule has 28 heavy (non-hydrogen) atoms. The third-order valence-corrected chi connectivity index (χ3v) is 5.14. The van der Waals surface area contributed by atoms with Crippen LogP contribution in [0.4, 0.5) is 5.69 Å². The number of nitrogens with one attached hydrogen (secondary N) is 1. The van der Waals surface area contributed by atoms with Crippen LogP contribution in [-0.4, -0.2) is 10.1 Å². The van der Waals surface area contributed by atoms with E-state index in [9.17, 15) is 5.11 Å². The van der Waals surface area contributed by atoms with Crippen LogP contribution in [0.1, 0.15) is 11.1 Å². The largest absolute Gasteiger partial charge is 0.502 e. The first-order chi connectivity index (χ1) is 13.4. The number of thiocarbonyl (C=S) groups is 1. The number of pyridine rings is 1. The standard InChI is InChI=1S/C21H15Cl3N2OS/c1-13-5-4-10-26(12-13)19(20(27)15-11-14(22)8-9-16(15)23)21(28)25-18-7-3-2-6-17(18)24/h2-12H,1H3,(H-,25,27,28)/p+1. The van der Waals surface area contributed by atoms with Crippen molar-refractivity contribution >= 4 is 69.2 Å². The van der Waals surface area contributed by atoms with Crippen molar-refractivity contribution in [1.29, 1.82) is 0 Å². The maximum absolute atomic E-state index is 11.1. The molecule has 1 heterocycles. The van der Waals surface area contributed by atoms with E-state index in [0.717, 1.165) is 5.56 Å². The Labute approximate surface area is 183 Å². The second-order valence-corrected chi connectivity index (χ2v) is 7.70. The number of hydrogen-bond donors (Lipinski definition) is 2. The molecule has 0 radical (unpaired) electrons. The zero-order valence-corrected chi connectivity index (χ0v) is 17.9. The molecule has 0 saturated carbocycles. The van der Waals surface area contributed by atoms with Gasteiger partial charge in [0.1, 0.15) is 0 Å². The smallest absolute Gasteiger partial charge is 0.288 e. The molecule has 0 bridgehead atoms. The lowest BCUT2D eigenvalue weighted by Gasteiger charge is -2.12. The first-order valence-corrected chi connectivity index (χ1v) is 9.84. The van der Waals surface area contributed by atoms with Crippen molar-refractivity contribution < 1.29 is 9.67 Å². The van der Waals surface area contributed by atoms with Gasteiger partial charge in [0.15, 0.2) is 17.4 Å². The zero-order valence-electron chi connectivity index (χ0n) is 14.8. The third kappa shape index (κ3) is 4.65. The Morgan fingerprint density at radius 2 is 1.75 bits per heavy atom. The first-order valence-electron chi connectivity index (χ1n) is 8.29. The fourth-order valence-corrected chi connectivity index (χ4v) is 3.50. The maximum Gasteiger partial charge on any atom is 0.288 e. The van der Waals surface area contributed by atoms with Gasteiger partial charge < -0.3 is 10.4 Å². The lowest BCUT2D eigenvalue weighted by molar-refractivity contribution is -0.576. The van der Waals surface area contributed by atoms with E-state index in [4.69, 9.17) is 47.0 Å². The normalized spacial score (nSPS) is 11.7. The number of rotatable bonds is 4. The Morgan fingerprint density at radius 3 is 2.46 bits per heavy atom. The molecule has 3 aromatic rings. The summed E-state index contributed by atoms with van der Waals surface area (Å²) in [5.41, 5.74) is 2.35. The van der Waals surface area contributed by atoms with Crippen molar-refractivity contribution in [2.45, 2.75) is 6.92 Å². The van der Waals surface area contributed by atoms with Gasteiger partial charge in [-0.05, 0) is 43.3 Å². The Hall–Kier alpha value is -2.11. The zero-order chi connectivity index (χ0) is 20.3. The van der Waals surface area contributed by atoms with Gasteiger partial charge in [-0.1, -0.05) is 59.2 Å². The van der Waals surface area contributed by atoms with Gasteiger partial charge >= 0.3 is 0 Å². The second kappa shape index (κ2) is 8.93. The molecule has 0 saturated heterocycles. The molecule has 0 aliphatic carbocycles. The minimum absolute atomic E-state index is 0.104. The highest BCUT2D eigenvalue weighted by molar-refractivity contribution is 7.81. The lowest BCUT2D eigenvalue weighted by Crippen LogP contribution is -2.38. The molecule has 7 heteroatoms. The second-order valence-electron chi connectivity index (χ2n) is 6.04. The fourth-order valence-electron chi connectivity index (χ4n) is 2.63. The number of anilines is 1. The van der Waals surface area contributed by atoms with E-state index in [0.29, 0.717) is 32.0 Å². The van der Waals surface area contributed by atoms with E-state index in [2.05, 4.69) is 5.32 Å². The summed E-state index contributed by atoms with van der Waals surface area (Å²) < 4.78 is 1.73. The number of hydrogen-bond acceptors (Lipinski definition) is 2. The summed E-state index contributed by atoms with van der Waals surface area (Å²) in [4.78, 5) is 0.275. The number of benzene rings is 2. The average molecular weight is 451 g/mol. The van der Waals surface area contributed by atoms with Gasteiger partial charge in [-0.25, -0.2) is 0 Å². The van der Waals surface area contributed by atoms with E-state index < -0.39 is 0 Å². The van der Waals surface area contributed by atoms with Crippen LogP contribution >= 0.6 is 47.0 Å². The number of halogens is 3. The van der Waals surface area contributed by atoms with Crippen LogP contribution in [0.5, 0.6) is 0 Å². The van der Waals surface area contributed by atoms with E-state index in [1.165, 1.54) is 0 Å². The summed E-state index contributed by atoms with van der Waals surface area (Å²) in [7, 11) is 0. The van der Waals surface area contributed by atoms with Gasteiger partial charge in [0.2, 0.25) is 5.76 Å². The number of aliphatic hydroxyl groups excluding tert-OH is 1. The summed E-state index contributed by atoms with van der Waals surface area (Å²) in [6.07, 6.45) is 3.64. The molecule has 0 spiro atoms. The SMILES string of the molecule is Cc1ccc[n+](/C(C(=S)Nc2ccccc2Cl)=C(/O)c2cc(Cl)ccc2Cl)c1. The molecule has 3 nitrogen and oxygen atoms in total. The van der Waals surface area contributed by atoms with E-state index in [-0.39, 0.29) is 10.7 Å². The number of aryl methyl sites for hydroxylation is 1. The highest BCUT2D eigenvalue weighted by atomic mass is 35.5. The number of nitrogens with zero attached hydrogens (tertiary/aromatic N) is 1. The van der Waals surface area contributed by atoms with Gasteiger partial charge in [0.05, 0.1) is 15.7 Å². The number of aromatic nitrogens is 1. The van der Waals surface area contributed by atoms with Crippen molar-refractivity contribution in [2.75, 3.05) is 5.32 Å². The van der Waals surface area contributed by atoms with Gasteiger partial charge in [0, 0.05) is 22.2 Å². The highest BCUT2D eigenvalue weighted by Crippen LogP contribution is 2.29. The van der Waals surface area contributed by atoms with Crippen LogP contribution in [0.15, 0.2) is 67.0 Å². The molecule has 3 rings (SSSR count). The molecule has 0 aliphatic rings. The average Bonchev–Trinajstić information content (AvgIpc) is 2.66. The Morgan fingerprint density at radius 1 is 1.00 bits per heavy atom. The monoisotopic (exact) mass is 449 g/mol. The Bertz CT molecular complexity index is 1080. The third-order valence-electron chi connectivity index (χ3n) is 3.95. The van der Waals surface area contributed by atoms with Crippen LogP contribution in [0.3, 0.4) is 0 Å².